The van der Waals surface area contributed by atoms with E-state index in [2.05, 4.69) is 15.5 Å². The van der Waals surface area contributed by atoms with Gasteiger partial charge in [0.2, 0.25) is 11.1 Å². The predicted octanol–water partition coefficient (Wildman–Crippen LogP) is 1.95. The number of hydrogen-bond donors (Lipinski definition) is 0. The van der Waals surface area contributed by atoms with Gasteiger partial charge < -0.3 is 9.64 Å². The molecule has 0 saturated heterocycles. The lowest BCUT2D eigenvalue weighted by Crippen LogP contribution is -2.32. The molecule has 3 rings (SSSR count). The van der Waals surface area contributed by atoms with Gasteiger partial charge in [0, 0.05) is 7.05 Å². The number of likely N-dealkylation sites (N-methyl/N-ethyl adjacent to an activating group) is 1. The maximum absolute atomic E-state index is 12.2. The molecule has 8 heteroatoms. The Kier molecular flexibility index (Phi) is 5.34. The first-order valence-corrected chi connectivity index (χ1v) is 8.97. The lowest BCUT2D eigenvalue weighted by atomic mass is 10.2. The quantitative estimate of drug-likeness (QED) is 0.680. The van der Waals surface area contributed by atoms with Gasteiger partial charge in [-0.05, 0) is 41.8 Å². The number of para-hydroxylation sites is 1. The van der Waals surface area contributed by atoms with Crippen molar-refractivity contribution in [2.24, 2.45) is 0 Å². The molecular weight excluding hydrogens is 326 g/mol. The van der Waals surface area contributed by atoms with Crippen LogP contribution in [0.4, 0.5) is 0 Å². The van der Waals surface area contributed by atoms with E-state index < -0.39 is 0 Å². The zero-order chi connectivity index (χ0) is 16.9. The van der Waals surface area contributed by atoms with Crippen molar-refractivity contribution in [2.45, 2.75) is 31.0 Å². The molecule has 0 aliphatic heterocycles. The summed E-state index contributed by atoms with van der Waals surface area (Å²) in [5, 5.41) is 12.4. The molecule has 2 aromatic rings. The van der Waals surface area contributed by atoms with Crippen LogP contribution in [0.15, 0.2) is 29.4 Å². The van der Waals surface area contributed by atoms with Gasteiger partial charge in [-0.2, -0.15) is 0 Å². The van der Waals surface area contributed by atoms with Gasteiger partial charge in [-0.1, -0.05) is 30.0 Å². The predicted molar refractivity (Wildman–Crippen MR) is 91.1 cm³/mol. The summed E-state index contributed by atoms with van der Waals surface area (Å²) in [7, 11) is 1.79. The number of aromatic nitrogens is 4. The fraction of sp³-hybridized carbons (Fsp3) is 0.500. The average molecular weight is 347 g/mol. The Morgan fingerprint density at radius 2 is 2.21 bits per heavy atom. The van der Waals surface area contributed by atoms with Crippen LogP contribution >= 0.6 is 11.8 Å². The molecule has 24 heavy (non-hydrogen) atoms. The molecule has 1 saturated carbocycles. The van der Waals surface area contributed by atoms with Crippen molar-refractivity contribution < 1.29 is 9.53 Å². The number of benzene rings is 1. The highest BCUT2D eigenvalue weighted by molar-refractivity contribution is 7.99. The molecule has 0 bridgehead atoms. The summed E-state index contributed by atoms with van der Waals surface area (Å²) in [6, 6.07) is 8.27. The summed E-state index contributed by atoms with van der Waals surface area (Å²) < 4.78 is 7.55. The van der Waals surface area contributed by atoms with Crippen LogP contribution in [-0.4, -0.2) is 57.0 Å². The van der Waals surface area contributed by atoms with Crippen LogP contribution < -0.4 is 4.74 Å². The average Bonchev–Trinajstić information content (AvgIpc) is 3.32. The summed E-state index contributed by atoms with van der Waals surface area (Å²) in [5.74, 6) is 1.23. The molecule has 0 spiro atoms. The number of thioether (sulfide) groups is 1. The number of nitrogens with zero attached hydrogens (tertiary/aromatic N) is 5. The third kappa shape index (κ3) is 4.25. The maximum atomic E-state index is 12.2. The Labute approximate surface area is 145 Å². The number of carbonyl (C=O) groups is 1. The second kappa shape index (κ2) is 7.65. The van der Waals surface area contributed by atoms with Crippen LogP contribution in [0.2, 0.25) is 0 Å². The molecule has 0 atom stereocenters. The lowest BCUT2D eigenvalue weighted by molar-refractivity contribution is -0.127. The molecule has 1 aliphatic rings. The van der Waals surface area contributed by atoms with E-state index in [1.165, 1.54) is 11.8 Å². The van der Waals surface area contributed by atoms with Crippen LogP contribution in [0.3, 0.4) is 0 Å². The lowest BCUT2D eigenvalue weighted by Gasteiger charge is -2.17. The first kappa shape index (κ1) is 16.8. The summed E-state index contributed by atoms with van der Waals surface area (Å²) in [6.45, 7) is 3.02. The Hall–Kier alpha value is -2.09. The Bertz CT molecular complexity index is 701. The highest BCUT2D eigenvalue weighted by Gasteiger charge is 2.28. The normalized spacial score (nSPS) is 13.8. The van der Waals surface area contributed by atoms with E-state index in [0.29, 0.717) is 24.9 Å². The molecule has 1 fully saturated rings. The zero-order valence-corrected chi connectivity index (χ0v) is 14.7. The van der Waals surface area contributed by atoms with Crippen molar-refractivity contribution in [3.05, 3.63) is 29.8 Å². The summed E-state index contributed by atoms with van der Waals surface area (Å²) in [6.07, 6.45) is 2.23. The van der Waals surface area contributed by atoms with Gasteiger partial charge in [0.05, 0.1) is 18.3 Å². The summed E-state index contributed by atoms with van der Waals surface area (Å²) in [5.41, 5.74) is 1.09. The van der Waals surface area contributed by atoms with Crippen molar-refractivity contribution >= 4 is 17.7 Å². The highest BCUT2D eigenvalue weighted by Crippen LogP contribution is 2.36. The molecule has 1 aromatic carbocycles. The molecule has 1 aliphatic carbocycles. The fourth-order valence-corrected chi connectivity index (χ4v) is 3.09. The molecule has 0 N–H and O–H groups in total. The monoisotopic (exact) mass is 347 g/mol. The van der Waals surface area contributed by atoms with Crippen molar-refractivity contribution in [3.8, 4) is 5.75 Å². The van der Waals surface area contributed by atoms with Gasteiger partial charge in [0.15, 0.2) is 0 Å². The topological polar surface area (TPSA) is 73.1 Å². The molecule has 128 valence electrons. The van der Waals surface area contributed by atoms with Gasteiger partial charge in [0.25, 0.3) is 0 Å². The molecule has 0 radical (unpaired) electrons. The molecule has 0 unspecified atom stereocenters. The largest absolute Gasteiger partial charge is 0.491 e. The standard InChI is InChI=1S/C16H21N5O2S/c1-12-5-3-4-6-14(12)23-10-9-20(2)15(22)11-24-16-17-18-19-21(16)13-7-8-13/h3-6,13H,7-11H2,1-2H3. The Morgan fingerprint density at radius 3 is 2.96 bits per heavy atom. The van der Waals surface area contributed by atoms with E-state index >= 15 is 0 Å². The second-order valence-corrected chi connectivity index (χ2v) is 6.80. The number of ether oxygens (including phenoxy) is 1. The summed E-state index contributed by atoms with van der Waals surface area (Å²) >= 11 is 1.39. The van der Waals surface area contributed by atoms with Gasteiger partial charge in [0.1, 0.15) is 12.4 Å². The van der Waals surface area contributed by atoms with Gasteiger partial charge in [-0.15, -0.1) is 5.10 Å². The molecule has 7 nitrogen and oxygen atoms in total. The number of amides is 1. The van der Waals surface area contributed by atoms with E-state index in [-0.39, 0.29) is 5.91 Å². The Morgan fingerprint density at radius 1 is 1.42 bits per heavy atom. The maximum Gasteiger partial charge on any atom is 0.232 e. The number of tetrazole rings is 1. The Balaban J connectivity index is 1.41. The minimum atomic E-state index is 0.0405. The van der Waals surface area contributed by atoms with E-state index in [1.54, 1.807) is 11.9 Å². The summed E-state index contributed by atoms with van der Waals surface area (Å²) in [4.78, 5) is 13.9. The van der Waals surface area contributed by atoms with Crippen molar-refractivity contribution in [3.63, 3.8) is 0 Å². The highest BCUT2D eigenvalue weighted by atomic mass is 32.2. The third-order valence-corrected chi connectivity index (χ3v) is 4.80. The second-order valence-electron chi connectivity index (χ2n) is 5.86. The zero-order valence-electron chi connectivity index (χ0n) is 13.9. The van der Waals surface area contributed by atoms with Crippen LogP contribution in [-0.2, 0) is 4.79 Å². The van der Waals surface area contributed by atoms with Gasteiger partial charge in [-0.3, -0.25) is 4.79 Å². The van der Waals surface area contributed by atoms with Crippen molar-refractivity contribution in [1.82, 2.24) is 25.1 Å². The fourth-order valence-electron chi connectivity index (χ4n) is 2.20. The van der Waals surface area contributed by atoms with Gasteiger partial charge >= 0.3 is 0 Å². The number of rotatable bonds is 8. The number of hydrogen-bond acceptors (Lipinski definition) is 6. The first-order chi connectivity index (χ1) is 11.6. The van der Waals surface area contributed by atoms with Gasteiger partial charge in [-0.25, -0.2) is 4.68 Å². The minimum Gasteiger partial charge on any atom is -0.491 e. The molecular formula is C16H21N5O2S. The molecule has 1 heterocycles. The van der Waals surface area contributed by atoms with E-state index in [0.717, 1.165) is 29.3 Å². The first-order valence-electron chi connectivity index (χ1n) is 7.98. The molecule has 1 amide bonds. The van der Waals surface area contributed by atoms with Crippen molar-refractivity contribution in [2.75, 3.05) is 26.0 Å². The number of carbonyl (C=O) groups excluding carboxylic acids is 1. The van der Waals surface area contributed by atoms with E-state index in [1.807, 2.05) is 35.9 Å². The van der Waals surface area contributed by atoms with E-state index in [4.69, 9.17) is 4.74 Å². The van der Waals surface area contributed by atoms with Crippen LogP contribution in [0.25, 0.3) is 0 Å². The number of aryl methyl sites for hydroxylation is 1. The molecule has 1 aromatic heterocycles. The van der Waals surface area contributed by atoms with Crippen LogP contribution in [0, 0.1) is 6.92 Å². The van der Waals surface area contributed by atoms with Crippen LogP contribution in [0.5, 0.6) is 5.75 Å². The van der Waals surface area contributed by atoms with Crippen LogP contribution in [0.1, 0.15) is 24.4 Å². The smallest absolute Gasteiger partial charge is 0.232 e. The minimum absolute atomic E-state index is 0.0405. The SMILES string of the molecule is Cc1ccccc1OCCN(C)C(=O)CSc1nnnn1C1CC1. The van der Waals surface area contributed by atoms with E-state index in [9.17, 15) is 4.79 Å². The third-order valence-electron chi connectivity index (χ3n) is 3.88. The van der Waals surface area contributed by atoms with Crippen molar-refractivity contribution in [1.29, 1.82) is 0 Å².